The van der Waals surface area contributed by atoms with Crippen LogP contribution in [0, 0.1) is 0 Å². The molecular formula is C26H27N3O6. The van der Waals surface area contributed by atoms with Gasteiger partial charge in [-0.3, -0.25) is 13.9 Å². The highest BCUT2D eigenvalue weighted by molar-refractivity contribution is 6.04. The first kappa shape index (κ1) is 23.9. The van der Waals surface area contributed by atoms with Gasteiger partial charge in [-0.05, 0) is 30.2 Å². The Hall–Kier alpha value is -4.27. The Morgan fingerprint density at radius 1 is 0.971 bits per heavy atom. The number of carbonyl (C=O) groups excluding carboxylic acids is 1. The van der Waals surface area contributed by atoms with Gasteiger partial charge in [0, 0.05) is 14.1 Å². The number of anilines is 1. The lowest BCUT2D eigenvalue weighted by molar-refractivity contribution is -0.138. The first-order valence-electron chi connectivity index (χ1n) is 11.1. The van der Waals surface area contributed by atoms with Crippen molar-refractivity contribution in [2.75, 3.05) is 26.1 Å². The minimum Gasteiger partial charge on any atom is -0.493 e. The van der Waals surface area contributed by atoms with Crippen LogP contribution < -0.4 is 26.0 Å². The van der Waals surface area contributed by atoms with E-state index in [1.165, 1.54) is 25.8 Å². The van der Waals surface area contributed by atoms with Crippen molar-refractivity contribution in [3.63, 3.8) is 0 Å². The quantitative estimate of drug-likeness (QED) is 0.545. The largest absolute Gasteiger partial charge is 0.493 e. The summed E-state index contributed by atoms with van der Waals surface area (Å²) in [6, 6.07) is 14.5. The predicted molar refractivity (Wildman–Crippen MR) is 132 cm³/mol. The van der Waals surface area contributed by atoms with E-state index in [2.05, 4.69) is 5.32 Å². The van der Waals surface area contributed by atoms with Crippen LogP contribution in [0.4, 0.5) is 5.82 Å². The molecule has 9 nitrogen and oxygen atoms in total. The van der Waals surface area contributed by atoms with Crippen molar-refractivity contribution in [1.82, 2.24) is 9.13 Å². The molecule has 0 saturated heterocycles. The van der Waals surface area contributed by atoms with Gasteiger partial charge >= 0.3 is 11.7 Å². The molecule has 0 radical (unpaired) electrons. The topological polar surface area (TPSA) is 101 Å². The van der Waals surface area contributed by atoms with Crippen LogP contribution in [0.15, 0.2) is 63.7 Å². The van der Waals surface area contributed by atoms with Gasteiger partial charge in [-0.25, -0.2) is 9.59 Å². The molecule has 0 spiro atoms. The number of nitrogens with one attached hydrogen (secondary N) is 1. The molecule has 1 N–H and O–H groups in total. The summed E-state index contributed by atoms with van der Waals surface area (Å²) in [4.78, 5) is 39.7. The molecule has 0 fully saturated rings. The molecule has 2 aromatic carbocycles. The molecule has 182 valence electrons. The summed E-state index contributed by atoms with van der Waals surface area (Å²) < 4.78 is 18.7. The standard InChI is InChI=1S/C26H27N3O6/c1-6-35-25(31)20-19(16-12-13-17(33-4)18(14-16)34-5)21-23(28(2)26(32)29(3)24(21)30)27-22(20)15-10-8-7-9-11-15/h7-14,19,27H,6H2,1-5H3. The summed E-state index contributed by atoms with van der Waals surface area (Å²) in [5.74, 6) is -0.157. The molecular weight excluding hydrogens is 450 g/mol. The third-order valence-corrected chi connectivity index (χ3v) is 6.09. The lowest BCUT2D eigenvalue weighted by atomic mass is 9.80. The van der Waals surface area contributed by atoms with Crippen molar-refractivity contribution in [3.8, 4) is 11.5 Å². The normalized spacial score (nSPS) is 14.7. The third kappa shape index (κ3) is 3.99. The number of fused-ring (bicyclic) bond motifs is 1. The van der Waals surface area contributed by atoms with Crippen LogP contribution in [-0.4, -0.2) is 35.9 Å². The Labute approximate surface area is 202 Å². The fraction of sp³-hybridized carbons (Fsp3) is 0.269. The maximum absolute atomic E-state index is 13.5. The number of nitrogens with zero attached hydrogens (tertiary/aromatic N) is 2. The number of ether oxygens (including phenoxy) is 3. The average Bonchev–Trinajstić information content (AvgIpc) is 2.89. The van der Waals surface area contributed by atoms with Crippen molar-refractivity contribution >= 4 is 17.5 Å². The number of aromatic nitrogens is 2. The molecule has 0 amide bonds. The lowest BCUT2D eigenvalue weighted by Gasteiger charge is -2.32. The van der Waals surface area contributed by atoms with E-state index in [1.54, 1.807) is 32.2 Å². The van der Waals surface area contributed by atoms with Gasteiger partial charge in [0.15, 0.2) is 11.5 Å². The van der Waals surface area contributed by atoms with Crippen LogP contribution >= 0.6 is 0 Å². The SMILES string of the molecule is CCOC(=O)C1=C(c2ccccc2)Nc2c(c(=O)n(C)c(=O)n2C)C1c1ccc(OC)c(OC)c1. The Bertz CT molecular complexity index is 1440. The molecule has 1 aliphatic rings. The van der Waals surface area contributed by atoms with Gasteiger partial charge in [0.1, 0.15) is 5.82 Å². The van der Waals surface area contributed by atoms with E-state index in [-0.39, 0.29) is 17.7 Å². The Morgan fingerprint density at radius 2 is 1.66 bits per heavy atom. The number of benzene rings is 2. The molecule has 1 aromatic heterocycles. The second-order valence-corrected chi connectivity index (χ2v) is 8.02. The predicted octanol–water partition coefficient (Wildman–Crippen LogP) is 2.63. The summed E-state index contributed by atoms with van der Waals surface area (Å²) >= 11 is 0. The van der Waals surface area contributed by atoms with Crippen molar-refractivity contribution in [2.45, 2.75) is 12.8 Å². The number of rotatable bonds is 6. The molecule has 9 heteroatoms. The molecule has 1 aliphatic heterocycles. The second kappa shape index (κ2) is 9.54. The van der Waals surface area contributed by atoms with Crippen molar-refractivity contribution in [3.05, 3.63) is 91.6 Å². The van der Waals surface area contributed by atoms with Crippen molar-refractivity contribution in [1.29, 1.82) is 0 Å². The van der Waals surface area contributed by atoms with Gasteiger partial charge in [-0.2, -0.15) is 0 Å². The second-order valence-electron chi connectivity index (χ2n) is 8.02. The minimum atomic E-state index is -0.842. The highest BCUT2D eigenvalue weighted by atomic mass is 16.5. The van der Waals surface area contributed by atoms with Crippen LogP contribution in [0.1, 0.15) is 29.5 Å². The van der Waals surface area contributed by atoms with Gasteiger partial charge in [0.2, 0.25) is 0 Å². The maximum atomic E-state index is 13.5. The molecule has 35 heavy (non-hydrogen) atoms. The molecule has 4 rings (SSSR count). The zero-order chi connectivity index (χ0) is 25.3. The minimum absolute atomic E-state index is 0.154. The van der Waals surface area contributed by atoms with Crippen LogP contribution in [0.25, 0.3) is 5.70 Å². The zero-order valence-corrected chi connectivity index (χ0v) is 20.2. The van der Waals surface area contributed by atoms with Crippen LogP contribution in [-0.2, 0) is 23.6 Å². The van der Waals surface area contributed by atoms with E-state index in [4.69, 9.17) is 14.2 Å². The summed E-state index contributed by atoms with van der Waals surface area (Å²) in [5.41, 5.74) is 1.29. The molecule has 3 aromatic rings. The average molecular weight is 478 g/mol. The van der Waals surface area contributed by atoms with Crippen LogP contribution in [0.5, 0.6) is 11.5 Å². The highest BCUT2D eigenvalue weighted by Gasteiger charge is 2.39. The van der Waals surface area contributed by atoms with Gasteiger partial charge in [0.05, 0.1) is 43.6 Å². The van der Waals surface area contributed by atoms with Gasteiger partial charge < -0.3 is 19.5 Å². The summed E-state index contributed by atoms with van der Waals surface area (Å²) in [6.07, 6.45) is 0. The molecule has 2 heterocycles. The Kier molecular flexibility index (Phi) is 6.50. The maximum Gasteiger partial charge on any atom is 0.337 e. The van der Waals surface area contributed by atoms with E-state index in [0.717, 1.165) is 4.57 Å². The molecule has 0 bridgehead atoms. The fourth-order valence-corrected chi connectivity index (χ4v) is 4.38. The summed E-state index contributed by atoms with van der Waals surface area (Å²) in [5, 5.41) is 3.20. The first-order chi connectivity index (χ1) is 16.8. The van der Waals surface area contributed by atoms with E-state index < -0.39 is 23.1 Å². The Balaban J connectivity index is 2.14. The van der Waals surface area contributed by atoms with Gasteiger partial charge in [-0.1, -0.05) is 36.4 Å². The number of carbonyl (C=O) groups is 1. The summed E-state index contributed by atoms with van der Waals surface area (Å²) in [6.45, 7) is 1.88. The van der Waals surface area contributed by atoms with Gasteiger partial charge in [-0.15, -0.1) is 0 Å². The molecule has 0 aliphatic carbocycles. The Morgan fingerprint density at radius 3 is 2.29 bits per heavy atom. The van der Waals surface area contributed by atoms with E-state index in [0.29, 0.717) is 34.1 Å². The number of methoxy groups -OCH3 is 2. The van der Waals surface area contributed by atoms with E-state index >= 15 is 0 Å². The van der Waals surface area contributed by atoms with Crippen LogP contribution in [0.2, 0.25) is 0 Å². The number of esters is 1. The molecule has 0 saturated carbocycles. The first-order valence-corrected chi connectivity index (χ1v) is 11.1. The number of hydrogen-bond acceptors (Lipinski definition) is 7. The van der Waals surface area contributed by atoms with Crippen molar-refractivity contribution < 1.29 is 19.0 Å². The number of hydrogen-bond donors (Lipinski definition) is 1. The van der Waals surface area contributed by atoms with Crippen LogP contribution in [0.3, 0.4) is 0 Å². The van der Waals surface area contributed by atoms with Gasteiger partial charge in [0.25, 0.3) is 5.56 Å². The van der Waals surface area contributed by atoms with Crippen molar-refractivity contribution in [2.24, 2.45) is 14.1 Å². The lowest BCUT2D eigenvalue weighted by Crippen LogP contribution is -2.43. The molecule has 1 atom stereocenters. The summed E-state index contributed by atoms with van der Waals surface area (Å²) in [7, 11) is 6.03. The van der Waals surface area contributed by atoms with E-state index in [9.17, 15) is 14.4 Å². The molecule has 1 unspecified atom stereocenters. The zero-order valence-electron chi connectivity index (χ0n) is 20.2. The smallest absolute Gasteiger partial charge is 0.337 e. The van der Waals surface area contributed by atoms with E-state index in [1.807, 2.05) is 30.3 Å². The third-order valence-electron chi connectivity index (χ3n) is 6.09. The highest BCUT2D eigenvalue weighted by Crippen LogP contribution is 2.44. The fourth-order valence-electron chi connectivity index (χ4n) is 4.38. The monoisotopic (exact) mass is 477 g/mol.